The van der Waals surface area contributed by atoms with E-state index in [-0.39, 0.29) is 30.7 Å². The van der Waals surface area contributed by atoms with Crippen molar-refractivity contribution in [1.29, 1.82) is 0 Å². The smallest absolute Gasteiger partial charge is 0.303 e. The van der Waals surface area contributed by atoms with Gasteiger partial charge in [0.1, 0.15) is 5.76 Å². The highest BCUT2D eigenvalue weighted by molar-refractivity contribution is 9.10. The number of aliphatic carboxylic acids is 1. The van der Waals surface area contributed by atoms with Crippen molar-refractivity contribution in [2.24, 2.45) is 0 Å². The van der Waals surface area contributed by atoms with Gasteiger partial charge in [0.2, 0.25) is 0 Å². The number of rotatable bonds is 6. The van der Waals surface area contributed by atoms with Crippen molar-refractivity contribution < 1.29 is 24.6 Å². The molecule has 0 spiro atoms. The first-order valence-corrected chi connectivity index (χ1v) is 9.98. The standard InChI is InChI=1S/C21H17BrClNO5/c22-14-7-3-13(4-8-14)19(27)17-18(12-5-9-15(23)10-6-12)24(21(29)20(17)28)11-1-2-16(25)26/h3-10,18,27H,1-2,11H2,(H,25,26)/t18-/m0/s1. The predicted molar refractivity (Wildman–Crippen MR) is 111 cm³/mol. The number of aliphatic hydroxyl groups excluding tert-OH is 1. The molecule has 6 nitrogen and oxygen atoms in total. The molecule has 1 aliphatic heterocycles. The average Bonchev–Trinajstić information content (AvgIpc) is 2.93. The summed E-state index contributed by atoms with van der Waals surface area (Å²) in [6, 6.07) is 12.5. The number of carboxylic acids is 1. The second-order valence-corrected chi connectivity index (χ2v) is 7.90. The fourth-order valence-corrected chi connectivity index (χ4v) is 3.66. The minimum absolute atomic E-state index is 0.0324. The van der Waals surface area contributed by atoms with Crippen LogP contribution in [0, 0.1) is 0 Å². The summed E-state index contributed by atoms with van der Waals surface area (Å²) < 4.78 is 0.803. The molecule has 1 fully saturated rings. The number of ketones is 1. The summed E-state index contributed by atoms with van der Waals surface area (Å²) in [5.74, 6) is -2.84. The summed E-state index contributed by atoms with van der Waals surface area (Å²) in [6.45, 7) is 0.0707. The lowest BCUT2D eigenvalue weighted by Crippen LogP contribution is -2.31. The van der Waals surface area contributed by atoms with E-state index in [0.29, 0.717) is 16.1 Å². The maximum atomic E-state index is 12.8. The van der Waals surface area contributed by atoms with Crippen molar-refractivity contribution >= 4 is 50.9 Å². The zero-order chi connectivity index (χ0) is 21.1. The fourth-order valence-electron chi connectivity index (χ4n) is 3.27. The number of hydrogen-bond acceptors (Lipinski definition) is 4. The van der Waals surface area contributed by atoms with E-state index in [1.54, 1.807) is 48.5 Å². The van der Waals surface area contributed by atoms with Crippen molar-refractivity contribution in [1.82, 2.24) is 4.90 Å². The van der Waals surface area contributed by atoms with Crippen LogP contribution in [0.3, 0.4) is 0 Å². The predicted octanol–water partition coefficient (Wildman–Crippen LogP) is 4.39. The third-order valence-electron chi connectivity index (χ3n) is 4.63. The van der Waals surface area contributed by atoms with E-state index in [2.05, 4.69) is 15.9 Å². The van der Waals surface area contributed by atoms with Crippen LogP contribution in [0.25, 0.3) is 5.76 Å². The highest BCUT2D eigenvalue weighted by atomic mass is 79.9. The molecule has 0 aromatic heterocycles. The van der Waals surface area contributed by atoms with Crippen LogP contribution in [-0.2, 0) is 14.4 Å². The molecule has 0 unspecified atom stereocenters. The Balaban J connectivity index is 2.08. The van der Waals surface area contributed by atoms with Crippen LogP contribution in [0.5, 0.6) is 0 Å². The molecular formula is C21H17BrClNO5. The van der Waals surface area contributed by atoms with Gasteiger partial charge in [0, 0.05) is 28.0 Å². The second kappa shape index (κ2) is 8.80. The van der Waals surface area contributed by atoms with E-state index >= 15 is 0 Å². The Bertz CT molecular complexity index is 985. The molecule has 3 rings (SSSR count). The van der Waals surface area contributed by atoms with Gasteiger partial charge in [0.15, 0.2) is 0 Å². The van der Waals surface area contributed by atoms with Gasteiger partial charge in [0.25, 0.3) is 11.7 Å². The number of Topliss-reactive ketones (excluding diaryl/α,β-unsaturated/α-hetero) is 1. The van der Waals surface area contributed by atoms with E-state index in [1.165, 1.54) is 4.90 Å². The van der Waals surface area contributed by atoms with Crippen molar-refractivity contribution in [2.75, 3.05) is 6.54 Å². The van der Waals surface area contributed by atoms with E-state index in [4.69, 9.17) is 16.7 Å². The average molecular weight is 479 g/mol. The van der Waals surface area contributed by atoms with E-state index < -0.39 is 23.7 Å². The molecule has 1 atom stereocenters. The Kier molecular flexibility index (Phi) is 6.39. The summed E-state index contributed by atoms with van der Waals surface area (Å²) in [6.07, 6.45) is 0.0494. The van der Waals surface area contributed by atoms with Gasteiger partial charge in [-0.05, 0) is 36.2 Å². The largest absolute Gasteiger partial charge is 0.507 e. The first-order valence-electron chi connectivity index (χ1n) is 8.81. The Morgan fingerprint density at radius 1 is 1.03 bits per heavy atom. The van der Waals surface area contributed by atoms with Crippen LogP contribution in [0.15, 0.2) is 58.6 Å². The number of likely N-dealkylation sites (tertiary alicyclic amines) is 1. The number of carbonyl (C=O) groups is 3. The van der Waals surface area contributed by atoms with Gasteiger partial charge in [0.05, 0.1) is 11.6 Å². The number of halogens is 2. The molecule has 1 aliphatic rings. The topological polar surface area (TPSA) is 94.9 Å². The summed E-state index contributed by atoms with van der Waals surface area (Å²) >= 11 is 9.28. The summed E-state index contributed by atoms with van der Waals surface area (Å²) in [5, 5.41) is 20.2. The molecule has 150 valence electrons. The van der Waals surface area contributed by atoms with Crippen LogP contribution >= 0.6 is 27.5 Å². The molecule has 0 aliphatic carbocycles. The minimum Gasteiger partial charge on any atom is -0.507 e. The lowest BCUT2D eigenvalue weighted by atomic mass is 9.95. The zero-order valence-corrected chi connectivity index (χ0v) is 17.5. The molecule has 29 heavy (non-hydrogen) atoms. The van der Waals surface area contributed by atoms with Gasteiger partial charge >= 0.3 is 5.97 Å². The Hall–Kier alpha value is -2.64. The summed E-state index contributed by atoms with van der Waals surface area (Å²) in [5.41, 5.74) is 0.966. The highest BCUT2D eigenvalue weighted by Gasteiger charge is 2.45. The number of nitrogens with zero attached hydrogens (tertiary/aromatic N) is 1. The van der Waals surface area contributed by atoms with Crippen molar-refractivity contribution in [2.45, 2.75) is 18.9 Å². The monoisotopic (exact) mass is 477 g/mol. The number of carbonyl (C=O) groups excluding carboxylic acids is 2. The number of benzene rings is 2. The van der Waals surface area contributed by atoms with Gasteiger partial charge in [-0.25, -0.2) is 0 Å². The first-order chi connectivity index (χ1) is 13.8. The Labute approximate surface area is 180 Å². The van der Waals surface area contributed by atoms with Crippen LogP contribution < -0.4 is 0 Å². The van der Waals surface area contributed by atoms with Gasteiger partial charge in [-0.1, -0.05) is 51.8 Å². The Morgan fingerprint density at radius 3 is 2.24 bits per heavy atom. The molecule has 8 heteroatoms. The first kappa shape index (κ1) is 21.1. The zero-order valence-electron chi connectivity index (χ0n) is 15.1. The van der Waals surface area contributed by atoms with Crippen LogP contribution in [0.2, 0.25) is 5.02 Å². The third kappa shape index (κ3) is 4.52. The fraction of sp³-hybridized carbons (Fsp3) is 0.190. The van der Waals surface area contributed by atoms with Gasteiger partial charge in [-0.2, -0.15) is 0 Å². The molecule has 0 bridgehead atoms. The number of hydrogen-bond donors (Lipinski definition) is 2. The Morgan fingerprint density at radius 2 is 1.66 bits per heavy atom. The van der Waals surface area contributed by atoms with Gasteiger partial charge < -0.3 is 15.1 Å². The second-order valence-electron chi connectivity index (χ2n) is 6.55. The summed E-state index contributed by atoms with van der Waals surface area (Å²) in [4.78, 5) is 37.6. The summed E-state index contributed by atoms with van der Waals surface area (Å²) in [7, 11) is 0. The lowest BCUT2D eigenvalue weighted by molar-refractivity contribution is -0.140. The van der Waals surface area contributed by atoms with Crippen LogP contribution in [0.1, 0.15) is 30.0 Å². The molecule has 2 aromatic carbocycles. The highest BCUT2D eigenvalue weighted by Crippen LogP contribution is 2.39. The maximum Gasteiger partial charge on any atom is 0.303 e. The van der Waals surface area contributed by atoms with Crippen molar-refractivity contribution in [3.63, 3.8) is 0 Å². The molecular weight excluding hydrogens is 462 g/mol. The number of amides is 1. The van der Waals surface area contributed by atoms with Gasteiger partial charge in [-0.3, -0.25) is 14.4 Å². The van der Waals surface area contributed by atoms with Gasteiger partial charge in [-0.15, -0.1) is 0 Å². The molecule has 2 N–H and O–H groups in total. The van der Waals surface area contributed by atoms with Crippen molar-refractivity contribution in [3.8, 4) is 0 Å². The van der Waals surface area contributed by atoms with E-state index in [1.807, 2.05) is 0 Å². The lowest BCUT2D eigenvalue weighted by Gasteiger charge is -2.25. The quantitative estimate of drug-likeness (QED) is 0.365. The van der Waals surface area contributed by atoms with Crippen molar-refractivity contribution in [3.05, 3.63) is 74.7 Å². The molecule has 0 saturated carbocycles. The maximum absolute atomic E-state index is 12.8. The molecule has 1 amide bonds. The normalized spacial score (nSPS) is 18.3. The SMILES string of the molecule is O=C(O)CCCN1C(=O)C(=O)C(=C(O)c2ccc(Br)cc2)[C@@H]1c1ccc(Cl)cc1. The van der Waals surface area contributed by atoms with Crippen LogP contribution in [0.4, 0.5) is 0 Å². The molecule has 1 heterocycles. The third-order valence-corrected chi connectivity index (χ3v) is 5.41. The van der Waals surface area contributed by atoms with E-state index in [9.17, 15) is 19.5 Å². The van der Waals surface area contributed by atoms with E-state index in [0.717, 1.165) is 4.47 Å². The number of carboxylic acid groups (broad SMARTS) is 1. The number of aliphatic hydroxyl groups is 1. The molecule has 2 aromatic rings. The molecule has 1 saturated heterocycles. The molecule has 0 radical (unpaired) electrons. The minimum atomic E-state index is -0.987. The van der Waals surface area contributed by atoms with Crippen LogP contribution in [-0.4, -0.2) is 39.3 Å².